The molecule has 8 N–H and O–H groups in total. The van der Waals surface area contributed by atoms with Gasteiger partial charge < -0.3 is 61.3 Å². The number of nitrogens with one attached hydrogen (secondary N) is 4. The van der Waals surface area contributed by atoms with Gasteiger partial charge in [-0.05, 0) is 94.4 Å². The van der Waals surface area contributed by atoms with E-state index in [0.29, 0.717) is 39.8 Å². The number of carbonyl (C=O) groups is 8. The van der Waals surface area contributed by atoms with Crippen molar-refractivity contribution >= 4 is 47.8 Å². The second-order valence-electron chi connectivity index (χ2n) is 30.6. The largest absolute Gasteiger partial charge is 1.00 e. The molecule has 2 aliphatic carbocycles. The van der Waals surface area contributed by atoms with Crippen LogP contribution in [0, 0.1) is 22.7 Å². The van der Waals surface area contributed by atoms with Gasteiger partial charge in [0.1, 0.15) is 46.4 Å². The number of carboxylic acids is 1. The van der Waals surface area contributed by atoms with Crippen LogP contribution in [0.2, 0.25) is 0 Å². The molecule has 4 fully saturated rings. The molecule has 27 heteroatoms. The van der Waals surface area contributed by atoms with Crippen molar-refractivity contribution < 1.29 is 87.5 Å². The molecule has 6 aromatic rings. The fourth-order valence-electron chi connectivity index (χ4n) is 13.2. The van der Waals surface area contributed by atoms with Gasteiger partial charge in [-0.2, -0.15) is 10.2 Å². The Morgan fingerprint density at radius 2 is 0.876 bits per heavy atom. The number of nitrogens with zero attached hydrogens (tertiary/aromatic N) is 6. The number of hydrogen-bond acceptors (Lipinski definition) is 16. The number of aromatic nitrogens is 4. The molecule has 26 nitrogen and oxygen atoms in total. The van der Waals surface area contributed by atoms with E-state index < -0.39 is 129 Å². The van der Waals surface area contributed by atoms with Crippen LogP contribution in [0.5, 0.6) is 0 Å². The molecule has 4 heterocycles. The minimum absolute atomic E-state index is 0. The Labute approximate surface area is 623 Å². The van der Waals surface area contributed by atoms with Crippen molar-refractivity contribution in [2.75, 3.05) is 19.7 Å². The van der Waals surface area contributed by atoms with Gasteiger partial charge in [-0.3, -0.25) is 28.8 Å². The number of rotatable bonds is 19. The smallest absolute Gasteiger partial charge is 0.870 e. The number of hydrogen-bond donors (Lipinski definition) is 5. The van der Waals surface area contributed by atoms with Crippen molar-refractivity contribution in [1.29, 1.82) is 0 Å². The van der Waals surface area contributed by atoms with Gasteiger partial charge in [0.2, 0.25) is 23.6 Å². The molecule has 4 aliphatic rings. The molecule has 2 saturated carbocycles. The molecule has 0 bridgehead atoms. The zero-order valence-electron chi connectivity index (χ0n) is 62.2. The molecule has 4 aromatic carbocycles. The minimum Gasteiger partial charge on any atom is -0.870 e. The predicted octanol–water partition coefficient (Wildman–Crippen LogP) is 6.09. The van der Waals surface area contributed by atoms with Crippen LogP contribution in [0.15, 0.2) is 169 Å². The summed E-state index contributed by atoms with van der Waals surface area (Å²) < 4.78 is 18.9. The average molecular weight is 1440 g/mol. The monoisotopic (exact) mass is 1440 g/mol. The molecule has 556 valence electrons. The van der Waals surface area contributed by atoms with Gasteiger partial charge in [-0.25, -0.2) is 28.5 Å². The standard InChI is InChI=1S/C40H49N5O7.C38H45N5O7.Li.2H2O/c1-9-27-22-40(27,36(49)51-10-2)43-33(46)30-21-28(24-44(30)35(48)32(38(3,4)5)42-37(50)52-39(6,7)8)45-34(47)31(26-19-15-12-16-20-26)29(23-41-45)25-17-13-11-14-18-25;1-8-25-20-38(25,34(47)48)41-31(44)28-19-26(22-42(28)33(46)30(36(2,3)4)40-35(49)50-37(5,6)7)43-32(45)29(24-17-13-10-14-18-24)27(21-39-43)23-15-11-9-12-16-23;;;/h9,11-20,23,27-28,30,32H,1,10,21-22,24H2,2-8H3,(H,42,50)(H,43,46);8-18,21,25-26,28,30H,1,19-20,22H2,2-7H3,(H,40,49)(H,41,44)(H,47,48);;2*1H2/q;;+1;;/p-1/t27-,28-,30+,32-,40-;25-,26-,28+,30-,38-;;;/m11.../s1. The van der Waals surface area contributed by atoms with Gasteiger partial charge in [-0.15, -0.1) is 13.2 Å². The van der Waals surface area contributed by atoms with Crippen LogP contribution < -0.4 is 51.2 Å². The van der Waals surface area contributed by atoms with Crippen LogP contribution in [0.25, 0.3) is 44.5 Å². The van der Waals surface area contributed by atoms with Crippen molar-refractivity contribution in [1.82, 2.24) is 50.6 Å². The summed E-state index contributed by atoms with van der Waals surface area (Å²) in [5, 5.41) is 30.2. The van der Waals surface area contributed by atoms with E-state index in [-0.39, 0.29) is 80.2 Å². The van der Waals surface area contributed by atoms with Crippen molar-refractivity contribution in [3.8, 4) is 44.5 Å². The summed E-state index contributed by atoms with van der Waals surface area (Å²) in [5.41, 5.74) is -1.86. The summed E-state index contributed by atoms with van der Waals surface area (Å²) in [4.78, 5) is 140. The van der Waals surface area contributed by atoms with Crippen molar-refractivity contribution in [3.63, 3.8) is 0 Å². The Morgan fingerprint density at radius 1 is 0.552 bits per heavy atom. The van der Waals surface area contributed by atoms with Crippen molar-refractivity contribution in [3.05, 3.63) is 180 Å². The van der Waals surface area contributed by atoms with Gasteiger partial charge in [0.15, 0.2) is 0 Å². The minimum atomic E-state index is -1.54. The van der Waals surface area contributed by atoms with Crippen LogP contribution in [0.1, 0.15) is 128 Å². The van der Waals surface area contributed by atoms with E-state index in [4.69, 9.17) is 14.2 Å². The van der Waals surface area contributed by atoms with E-state index in [1.54, 1.807) is 108 Å². The summed E-state index contributed by atoms with van der Waals surface area (Å²) in [5.74, 6) is -5.01. The van der Waals surface area contributed by atoms with E-state index >= 15 is 0 Å². The molecule has 2 saturated heterocycles. The second-order valence-corrected chi connectivity index (χ2v) is 30.6. The summed E-state index contributed by atoms with van der Waals surface area (Å²) in [6.07, 6.45) is 5.19. The van der Waals surface area contributed by atoms with Crippen molar-refractivity contribution in [2.45, 2.75) is 174 Å². The molecule has 2 aliphatic heterocycles. The first-order chi connectivity index (χ1) is 48.0. The van der Waals surface area contributed by atoms with Crippen LogP contribution in [-0.4, -0.2) is 159 Å². The molecule has 0 unspecified atom stereocenters. The first-order valence-electron chi connectivity index (χ1n) is 34.3. The quantitative estimate of drug-likeness (QED) is 0.0265. The Hall–Kier alpha value is -10.0. The summed E-state index contributed by atoms with van der Waals surface area (Å²) in [6, 6.07) is 31.3. The average Bonchev–Trinajstić information content (AvgIpc) is 1.59. The van der Waals surface area contributed by atoms with E-state index in [2.05, 4.69) is 44.6 Å². The number of ether oxygens (including phenoxy) is 3. The number of aliphatic carboxylic acids is 1. The fraction of sp³-hybridized carbons (Fsp3) is 0.436. The van der Waals surface area contributed by atoms with Gasteiger partial charge in [-0.1, -0.05) is 175 Å². The maximum atomic E-state index is 14.6. The van der Waals surface area contributed by atoms with Gasteiger partial charge in [0.05, 0.1) is 42.2 Å². The zero-order chi connectivity index (χ0) is 74.6. The number of esters is 1. The summed E-state index contributed by atoms with van der Waals surface area (Å²) in [7, 11) is 0. The van der Waals surface area contributed by atoms with Gasteiger partial charge >= 0.3 is 43.0 Å². The molecule has 6 amide bonds. The Bertz CT molecular complexity index is 4280. The maximum Gasteiger partial charge on any atom is 1.00 e. The van der Waals surface area contributed by atoms with E-state index in [9.17, 15) is 53.1 Å². The predicted molar refractivity (Wildman–Crippen MR) is 390 cm³/mol. The third kappa shape index (κ3) is 18.9. The first-order valence-corrected chi connectivity index (χ1v) is 34.3. The number of amides is 6. The Balaban J connectivity index is 0.000000320. The molecule has 0 radical (unpaired) electrons. The number of carboxylic acid groups (broad SMARTS) is 1. The summed E-state index contributed by atoms with van der Waals surface area (Å²) >= 11 is 0. The van der Waals surface area contributed by atoms with Gasteiger partial charge in [0, 0.05) is 48.9 Å². The van der Waals surface area contributed by atoms with E-state index in [0.717, 1.165) is 11.1 Å². The van der Waals surface area contributed by atoms with Crippen molar-refractivity contribution in [2.24, 2.45) is 22.7 Å². The van der Waals surface area contributed by atoms with E-state index in [1.165, 1.54) is 25.2 Å². The molecule has 0 spiro atoms. The molecular weight excluding hydrogens is 1340 g/mol. The third-order valence-electron chi connectivity index (χ3n) is 18.6. The number of benzene rings is 4. The number of likely N-dealkylation sites (tertiary alicyclic amines) is 2. The fourth-order valence-corrected chi connectivity index (χ4v) is 13.2. The number of alkyl carbamates (subject to hydrolysis) is 2. The van der Waals surface area contributed by atoms with Crippen LogP contribution in [0.4, 0.5) is 9.59 Å². The van der Waals surface area contributed by atoms with Crippen LogP contribution in [0.3, 0.4) is 0 Å². The number of carbonyl (C=O) groups excluding carboxylic acids is 7. The van der Waals surface area contributed by atoms with Gasteiger partial charge in [0.25, 0.3) is 11.1 Å². The normalized spacial score (nSPS) is 21.4. The Kier molecular flexibility index (Phi) is 26.7. The molecule has 10 rings (SSSR count). The summed E-state index contributed by atoms with van der Waals surface area (Å²) in [6.45, 7) is 30.1. The van der Waals surface area contributed by atoms with Crippen LogP contribution in [-0.2, 0) is 43.0 Å². The molecule has 10 atom stereocenters. The zero-order valence-corrected chi connectivity index (χ0v) is 62.2. The molecule has 2 aromatic heterocycles. The third-order valence-corrected chi connectivity index (χ3v) is 18.6. The van der Waals surface area contributed by atoms with Crippen LogP contribution >= 0.6 is 0 Å². The topological polar surface area (TPSA) is 370 Å². The molecular formula is C78H97LiN10O16. The first kappa shape index (κ1) is 83.9. The maximum absolute atomic E-state index is 14.6. The Morgan fingerprint density at radius 3 is 1.17 bits per heavy atom. The van der Waals surface area contributed by atoms with E-state index in [1.807, 2.05) is 121 Å². The second kappa shape index (κ2) is 33.4. The SMILES string of the molecule is C=C[C@@H]1C[C@]1(NC(=O)[C@@H]1C[C@@H](n2ncc(-c3ccccc3)c(-c3ccccc3)c2=O)CN1C(=O)[C@@H](NC(=O)OC(C)(C)C)C(C)(C)C)C(=O)O.C=C[C@@H]1C[C@]1(NC(=O)[C@@H]1C[C@@H](n2ncc(-c3ccccc3)c(-c3ccccc3)c2=O)CN1C(=O)[C@@H](NC(=O)OC(C)(C)C)C(C)(C)C)C(=O)OCC.O.[Li+].[OH-]. The molecule has 105 heavy (non-hydrogen) atoms.